The molecule has 5 N–H and O–H groups in total. The van der Waals surface area contributed by atoms with Crippen molar-refractivity contribution in [1.82, 2.24) is 19.6 Å². The molecule has 0 radical (unpaired) electrons. The Morgan fingerprint density at radius 1 is 0.727 bits per heavy atom. The van der Waals surface area contributed by atoms with Crippen LogP contribution in [0.4, 0.5) is 54.5 Å². The molecule has 12 nitrogen and oxygen atoms in total. The van der Waals surface area contributed by atoms with Gasteiger partial charge in [-0.2, -0.15) is 44.3 Å². The summed E-state index contributed by atoms with van der Waals surface area (Å²) in [5, 5.41) is 6.14. The number of aromatic nitrogens is 4. The van der Waals surface area contributed by atoms with Crippen molar-refractivity contribution in [2.45, 2.75) is 70.0 Å². The minimum Gasteiger partial charge on any atom is -0.412 e. The standard InChI is InChI=1S/C17H16Cl2F5N3O2S.C14H12Cl2F5N3OS.C3H5ClO2.CH3Cl.CH4.H2O/c1-4-13(28)25-16-15(30(24)8(2)20)12(7-29-3)26-27(16)14-10(18)5-9(6-11(14)19)17(21,22)23;1-6(17)26(21)12-10(5-25-2)23-24(13(12)22)11-8(15)3-7(4-9(11)16)14(18,19)20;1-6-2-3(4)5;1-2;;/h5-6H,4,7H2,1-3H3,(H,25,28);3-4H,5,22H2,1-2H3;2H2,1H3;1H3;1H4;1H2. The highest BCUT2D eigenvalue weighted by Gasteiger charge is 2.35. The topological polar surface area (TPSA) is 167 Å². The van der Waals surface area contributed by atoms with Gasteiger partial charge in [0.2, 0.25) is 11.1 Å². The Bertz CT molecular complexity index is 2300. The monoisotopic (exact) mass is 1120 g/mol. The molecular formula is C36H42Cl6F10N6O6S2. The lowest BCUT2D eigenvalue weighted by atomic mass is 10.2. The van der Waals surface area contributed by atoms with Gasteiger partial charge in [0, 0.05) is 34.1 Å². The molecule has 1 amide bonds. The summed E-state index contributed by atoms with van der Waals surface area (Å²) in [4.78, 5) is 21.1. The number of nitrogens with two attached hydrogens (primary N) is 1. The molecular weight excluding hydrogens is 1080 g/mol. The number of nitrogens with one attached hydrogen (secondary N) is 1. The van der Waals surface area contributed by atoms with Crippen LogP contribution in [-0.4, -0.2) is 80.7 Å². The summed E-state index contributed by atoms with van der Waals surface area (Å²) in [7, 11) is -1.10. The van der Waals surface area contributed by atoms with E-state index in [1.165, 1.54) is 34.6 Å². The number of carbonyl (C=O) groups is 2. The number of nitrogens with zero attached hydrogens (tertiary/aromatic N) is 4. The zero-order valence-corrected chi connectivity index (χ0v) is 40.6. The number of benzene rings is 2. The van der Waals surface area contributed by atoms with E-state index in [1.807, 2.05) is 0 Å². The molecule has 2 atom stereocenters. The summed E-state index contributed by atoms with van der Waals surface area (Å²) >= 11 is 33.4. The van der Waals surface area contributed by atoms with Gasteiger partial charge in [0.05, 0.1) is 66.2 Å². The first-order chi connectivity index (χ1) is 29.7. The molecule has 0 aliphatic rings. The molecule has 0 bridgehead atoms. The number of anilines is 2. The summed E-state index contributed by atoms with van der Waals surface area (Å²) in [6.45, 7) is 2.87. The highest BCUT2D eigenvalue weighted by Crippen LogP contribution is 2.45. The Labute approximate surface area is 407 Å². The van der Waals surface area contributed by atoms with Crippen molar-refractivity contribution in [3.63, 3.8) is 0 Å². The number of hydrogen-bond acceptors (Lipinski definition) is 8. The van der Waals surface area contributed by atoms with Crippen LogP contribution in [0, 0.1) is 0 Å². The number of methoxy groups -OCH3 is 3. The van der Waals surface area contributed by atoms with Crippen molar-refractivity contribution in [2.24, 2.45) is 0 Å². The van der Waals surface area contributed by atoms with Crippen molar-refractivity contribution >= 4 is 124 Å². The Kier molecular flexibility index (Phi) is 28.9. The number of carbonyl (C=O) groups excluding carboxylic acids is 2. The van der Waals surface area contributed by atoms with E-state index in [-0.39, 0.29) is 83.3 Å². The van der Waals surface area contributed by atoms with E-state index in [2.05, 4.69) is 31.9 Å². The Hall–Kier alpha value is -2.88. The van der Waals surface area contributed by atoms with Crippen LogP contribution < -0.4 is 11.1 Å². The second kappa shape index (κ2) is 29.2. The lowest BCUT2D eigenvalue weighted by molar-refractivity contribution is -0.138. The van der Waals surface area contributed by atoms with Crippen LogP contribution in [0.25, 0.3) is 11.4 Å². The molecule has 0 saturated heterocycles. The first-order valence-corrected chi connectivity index (χ1v) is 21.8. The average molecular weight is 1120 g/mol. The van der Waals surface area contributed by atoms with E-state index < -0.39 is 86.7 Å². The van der Waals surface area contributed by atoms with E-state index in [1.54, 1.807) is 0 Å². The Balaban J connectivity index is 0. The van der Waals surface area contributed by atoms with Crippen LogP contribution >= 0.6 is 91.3 Å². The largest absolute Gasteiger partial charge is 0.416 e. The minimum absolute atomic E-state index is 0. The number of rotatable bonds is 12. The molecule has 376 valence electrons. The van der Waals surface area contributed by atoms with Crippen LogP contribution in [-0.2, 0) is 49.4 Å². The normalized spacial score (nSPS) is 12.3. The van der Waals surface area contributed by atoms with E-state index in [0.29, 0.717) is 24.3 Å². The van der Waals surface area contributed by atoms with Crippen LogP contribution in [0.1, 0.15) is 57.1 Å². The fourth-order valence-electron chi connectivity index (χ4n) is 4.68. The number of amides is 1. The van der Waals surface area contributed by atoms with Gasteiger partial charge < -0.3 is 30.7 Å². The van der Waals surface area contributed by atoms with Gasteiger partial charge in [-0.25, -0.2) is 18.1 Å². The molecule has 2 aromatic carbocycles. The molecule has 66 heavy (non-hydrogen) atoms. The average Bonchev–Trinajstić information content (AvgIpc) is 3.69. The Morgan fingerprint density at radius 2 is 1.08 bits per heavy atom. The van der Waals surface area contributed by atoms with Crippen molar-refractivity contribution in [1.29, 1.82) is 0 Å². The summed E-state index contributed by atoms with van der Waals surface area (Å²) in [5.41, 5.74) is 3.14. The van der Waals surface area contributed by atoms with Crippen molar-refractivity contribution < 1.29 is 72.2 Å². The lowest BCUT2D eigenvalue weighted by Gasteiger charge is -2.15. The summed E-state index contributed by atoms with van der Waals surface area (Å²) in [6.07, 6.45) is -7.93. The van der Waals surface area contributed by atoms with Crippen molar-refractivity contribution in [3.05, 3.63) is 66.9 Å². The second-order valence-electron chi connectivity index (χ2n) is 11.7. The molecule has 4 aromatic rings. The number of halogens is 16. The lowest BCUT2D eigenvalue weighted by Crippen LogP contribution is -2.15. The fraction of sp³-hybridized carbons (Fsp3) is 0.389. The fourth-order valence-corrected chi connectivity index (χ4v) is 7.84. The number of nitrogen functional groups attached to an aromatic ring is 1. The van der Waals surface area contributed by atoms with Crippen molar-refractivity contribution in [2.75, 3.05) is 45.4 Å². The van der Waals surface area contributed by atoms with Gasteiger partial charge in [-0.15, -0.1) is 11.6 Å². The van der Waals surface area contributed by atoms with Crippen LogP contribution in [0.15, 0.2) is 34.1 Å². The molecule has 2 heterocycles. The third-order valence-corrected chi connectivity index (χ3v) is 11.1. The number of alkyl halides is 7. The predicted molar refractivity (Wildman–Crippen MR) is 244 cm³/mol. The quantitative estimate of drug-likeness (QED) is 0.0612. The molecule has 0 saturated carbocycles. The molecule has 4 rings (SSSR count). The molecule has 2 aromatic heterocycles. The SMILES string of the molecule is C.CCC(=O)Nc1c(/S(F)=C(/C)F)c(COC)nn1-c1c(Cl)cc(C(F)(F)F)cc1Cl.CCl.COCC(=O)Cl.COCc1nn(-c2c(Cl)cc(C(F)(F)F)cc2Cl)c(N)c1/S(F)=C(/C)F.O. The summed E-state index contributed by atoms with van der Waals surface area (Å²) < 4.78 is 150. The molecule has 0 aliphatic carbocycles. The van der Waals surface area contributed by atoms with Crippen LogP contribution in [0.2, 0.25) is 20.1 Å². The molecule has 2 unspecified atom stereocenters. The highest BCUT2D eigenvalue weighted by molar-refractivity contribution is 8.11. The van der Waals surface area contributed by atoms with Gasteiger partial charge >= 0.3 is 12.4 Å². The zero-order valence-electron chi connectivity index (χ0n) is 34.4. The summed E-state index contributed by atoms with van der Waals surface area (Å²) in [5.74, 6) is -1.22. The van der Waals surface area contributed by atoms with Gasteiger partial charge in [-0.05, 0) is 49.7 Å². The van der Waals surface area contributed by atoms with Gasteiger partial charge in [0.1, 0.15) is 45.0 Å². The smallest absolute Gasteiger partial charge is 0.412 e. The number of hydrogen-bond donors (Lipinski definition) is 2. The minimum atomic E-state index is -4.72. The molecule has 0 fully saturated rings. The first-order valence-electron chi connectivity index (χ1n) is 16.9. The summed E-state index contributed by atoms with van der Waals surface area (Å²) in [6, 6.07) is 2.52. The third kappa shape index (κ3) is 17.6. The maximum absolute atomic E-state index is 14.7. The van der Waals surface area contributed by atoms with E-state index in [9.17, 15) is 52.5 Å². The van der Waals surface area contributed by atoms with Gasteiger partial charge in [-0.1, -0.05) is 60.8 Å². The second-order valence-corrected chi connectivity index (χ2v) is 16.7. The van der Waals surface area contributed by atoms with Crippen LogP contribution in [0.3, 0.4) is 0 Å². The van der Waals surface area contributed by atoms with E-state index in [0.717, 1.165) is 23.2 Å². The molecule has 0 spiro atoms. The van der Waals surface area contributed by atoms with Gasteiger partial charge in [0.25, 0.3) is 0 Å². The van der Waals surface area contributed by atoms with Crippen molar-refractivity contribution in [3.8, 4) is 11.4 Å². The maximum Gasteiger partial charge on any atom is 0.416 e. The molecule has 0 aliphatic heterocycles. The third-order valence-electron chi connectivity index (χ3n) is 7.22. The van der Waals surface area contributed by atoms with E-state index >= 15 is 0 Å². The predicted octanol–water partition coefficient (Wildman–Crippen LogP) is 12.9. The van der Waals surface area contributed by atoms with Crippen LogP contribution in [0.5, 0.6) is 0 Å². The highest BCUT2D eigenvalue weighted by atomic mass is 35.5. The zero-order chi connectivity index (χ0) is 49.6. The first kappa shape index (κ1) is 65.2. The Morgan fingerprint density at radius 3 is 1.38 bits per heavy atom. The number of ether oxygens (including phenoxy) is 3. The maximum atomic E-state index is 14.7. The van der Waals surface area contributed by atoms with Gasteiger partial charge in [0.15, 0.2) is 16.1 Å². The van der Waals surface area contributed by atoms with Gasteiger partial charge in [-0.3, -0.25) is 9.59 Å². The molecule has 30 heteroatoms. The van der Waals surface area contributed by atoms with E-state index in [4.69, 9.17) is 73.2 Å².